The largest absolute Gasteiger partial charge is 0.486 e. The SMILES string of the molecule is CNC(=O)Cc1nccc2nn(Cc3cc(C)c(OCC(F)F)cn3)cc12. The van der Waals surface area contributed by atoms with Gasteiger partial charge in [0, 0.05) is 24.8 Å². The van der Waals surface area contributed by atoms with Crippen LogP contribution in [-0.4, -0.2) is 45.7 Å². The van der Waals surface area contributed by atoms with Crippen molar-refractivity contribution in [2.75, 3.05) is 13.7 Å². The molecule has 0 spiro atoms. The fourth-order valence-electron chi connectivity index (χ4n) is 2.67. The molecule has 1 amide bonds. The topological polar surface area (TPSA) is 81.9 Å². The van der Waals surface area contributed by atoms with E-state index >= 15 is 0 Å². The lowest BCUT2D eigenvalue weighted by molar-refractivity contribution is -0.119. The first kappa shape index (κ1) is 18.7. The van der Waals surface area contributed by atoms with Crippen molar-refractivity contribution >= 4 is 16.8 Å². The Morgan fingerprint density at radius 3 is 2.89 bits per heavy atom. The Balaban J connectivity index is 1.79. The molecule has 0 saturated heterocycles. The summed E-state index contributed by atoms with van der Waals surface area (Å²) in [5, 5.41) is 7.87. The van der Waals surface area contributed by atoms with E-state index in [4.69, 9.17) is 4.74 Å². The van der Waals surface area contributed by atoms with Crippen LogP contribution in [0.2, 0.25) is 0 Å². The molecule has 0 aliphatic carbocycles. The van der Waals surface area contributed by atoms with Crippen LogP contribution in [0.3, 0.4) is 0 Å². The Bertz CT molecular complexity index is 958. The van der Waals surface area contributed by atoms with Crippen LogP contribution in [0.5, 0.6) is 5.75 Å². The van der Waals surface area contributed by atoms with E-state index in [2.05, 4.69) is 20.4 Å². The van der Waals surface area contributed by atoms with Crippen molar-refractivity contribution < 1.29 is 18.3 Å². The number of ether oxygens (including phenoxy) is 1. The molecule has 0 aliphatic heterocycles. The van der Waals surface area contributed by atoms with Crippen LogP contribution in [0.15, 0.2) is 30.7 Å². The highest BCUT2D eigenvalue weighted by molar-refractivity contribution is 5.86. The number of hydrogen-bond donors (Lipinski definition) is 1. The van der Waals surface area contributed by atoms with Gasteiger partial charge in [-0.3, -0.25) is 19.4 Å². The Hall–Kier alpha value is -3.10. The van der Waals surface area contributed by atoms with Crippen LogP contribution in [0.1, 0.15) is 17.0 Å². The number of fused-ring (bicyclic) bond motifs is 1. The van der Waals surface area contributed by atoms with Crippen molar-refractivity contribution in [2.45, 2.75) is 26.3 Å². The molecule has 0 atom stereocenters. The van der Waals surface area contributed by atoms with Crippen molar-refractivity contribution in [3.8, 4) is 5.75 Å². The zero-order valence-corrected chi connectivity index (χ0v) is 14.9. The van der Waals surface area contributed by atoms with E-state index in [-0.39, 0.29) is 12.3 Å². The molecule has 7 nitrogen and oxygen atoms in total. The summed E-state index contributed by atoms with van der Waals surface area (Å²) in [5.74, 6) is 0.209. The lowest BCUT2D eigenvalue weighted by Gasteiger charge is -2.09. The summed E-state index contributed by atoms with van der Waals surface area (Å²) in [6.45, 7) is 1.51. The molecule has 9 heteroatoms. The van der Waals surface area contributed by atoms with Crippen molar-refractivity contribution in [3.63, 3.8) is 0 Å². The van der Waals surface area contributed by atoms with Gasteiger partial charge in [0.15, 0.2) is 0 Å². The van der Waals surface area contributed by atoms with Gasteiger partial charge < -0.3 is 10.1 Å². The summed E-state index contributed by atoms with van der Waals surface area (Å²) < 4.78 is 31.3. The van der Waals surface area contributed by atoms with Crippen LogP contribution in [-0.2, 0) is 17.8 Å². The summed E-state index contributed by atoms with van der Waals surface area (Å²) in [5.41, 5.74) is 2.82. The molecular formula is C18H19F2N5O2. The fourth-order valence-corrected chi connectivity index (χ4v) is 2.67. The van der Waals surface area contributed by atoms with E-state index in [1.54, 1.807) is 37.0 Å². The predicted molar refractivity (Wildman–Crippen MR) is 94.9 cm³/mol. The van der Waals surface area contributed by atoms with Crippen LogP contribution < -0.4 is 10.1 Å². The van der Waals surface area contributed by atoms with Crippen molar-refractivity contribution in [1.29, 1.82) is 0 Å². The molecule has 3 heterocycles. The Morgan fingerprint density at radius 2 is 2.19 bits per heavy atom. The highest BCUT2D eigenvalue weighted by Gasteiger charge is 2.12. The average molecular weight is 375 g/mol. The van der Waals surface area contributed by atoms with Crippen LogP contribution in [0.4, 0.5) is 8.78 Å². The summed E-state index contributed by atoms with van der Waals surface area (Å²) in [4.78, 5) is 20.2. The van der Waals surface area contributed by atoms with Crippen molar-refractivity contribution in [2.24, 2.45) is 0 Å². The van der Waals surface area contributed by atoms with Gasteiger partial charge in [-0.15, -0.1) is 0 Å². The fraction of sp³-hybridized carbons (Fsp3) is 0.333. The number of carbonyl (C=O) groups excluding carboxylic acids is 1. The molecule has 0 aromatic carbocycles. The lowest BCUT2D eigenvalue weighted by atomic mass is 10.2. The molecule has 1 N–H and O–H groups in total. The minimum atomic E-state index is -2.53. The van der Waals surface area contributed by atoms with E-state index in [9.17, 15) is 13.6 Å². The van der Waals surface area contributed by atoms with Crippen LogP contribution in [0.25, 0.3) is 10.9 Å². The molecule has 3 rings (SSSR count). The zero-order chi connectivity index (χ0) is 19.4. The molecule has 0 radical (unpaired) electrons. The van der Waals surface area contributed by atoms with Crippen LogP contribution in [0, 0.1) is 6.92 Å². The second kappa shape index (κ2) is 8.07. The standard InChI is InChI=1S/C18H19F2N5O2/c1-11-5-12(23-7-16(11)27-10-17(19)20)8-25-9-13-14(24-25)3-4-22-15(13)6-18(26)21-2/h3-5,7,9,17H,6,8,10H2,1-2H3,(H,21,26). The molecule has 142 valence electrons. The first-order valence-electron chi connectivity index (χ1n) is 8.34. The minimum absolute atomic E-state index is 0.126. The maximum atomic E-state index is 12.3. The second-order valence-corrected chi connectivity index (χ2v) is 6.01. The van der Waals surface area contributed by atoms with Gasteiger partial charge in [-0.2, -0.15) is 5.10 Å². The number of aromatic nitrogens is 4. The number of nitrogens with one attached hydrogen (secondary N) is 1. The van der Waals surface area contributed by atoms with Gasteiger partial charge in [0.1, 0.15) is 12.4 Å². The molecule has 0 aliphatic rings. The van der Waals surface area contributed by atoms with Crippen molar-refractivity contribution in [3.05, 3.63) is 47.7 Å². The molecular weight excluding hydrogens is 356 g/mol. The molecule has 27 heavy (non-hydrogen) atoms. The van der Waals surface area contributed by atoms with E-state index in [1.807, 2.05) is 6.20 Å². The normalized spacial score (nSPS) is 11.1. The van der Waals surface area contributed by atoms with Gasteiger partial charge in [-0.05, 0) is 24.6 Å². The number of aryl methyl sites for hydroxylation is 1. The Morgan fingerprint density at radius 1 is 1.37 bits per heavy atom. The average Bonchev–Trinajstić information content (AvgIpc) is 3.04. The lowest BCUT2D eigenvalue weighted by Crippen LogP contribution is -2.20. The van der Waals surface area contributed by atoms with E-state index in [0.29, 0.717) is 23.7 Å². The summed E-state index contributed by atoms with van der Waals surface area (Å²) in [7, 11) is 1.58. The minimum Gasteiger partial charge on any atom is -0.486 e. The second-order valence-electron chi connectivity index (χ2n) is 6.01. The molecule has 0 bridgehead atoms. The smallest absolute Gasteiger partial charge is 0.272 e. The number of halogens is 2. The van der Waals surface area contributed by atoms with E-state index in [0.717, 1.165) is 16.5 Å². The third kappa shape index (κ3) is 4.55. The Kier molecular flexibility index (Phi) is 5.58. The summed E-state index contributed by atoms with van der Waals surface area (Å²) >= 11 is 0. The zero-order valence-electron chi connectivity index (χ0n) is 14.9. The third-order valence-corrected chi connectivity index (χ3v) is 3.98. The van der Waals surface area contributed by atoms with Gasteiger partial charge in [0.2, 0.25) is 5.91 Å². The van der Waals surface area contributed by atoms with Gasteiger partial charge in [-0.1, -0.05) is 0 Å². The quantitative estimate of drug-likeness (QED) is 0.684. The number of nitrogens with zero attached hydrogens (tertiary/aromatic N) is 4. The number of pyridine rings is 2. The molecule has 0 fully saturated rings. The molecule has 0 unspecified atom stereocenters. The summed E-state index contributed by atoms with van der Waals surface area (Å²) in [6, 6.07) is 3.55. The first-order valence-corrected chi connectivity index (χ1v) is 8.34. The molecule has 3 aromatic heterocycles. The number of hydrogen-bond acceptors (Lipinski definition) is 5. The maximum absolute atomic E-state index is 12.3. The van der Waals surface area contributed by atoms with Gasteiger partial charge in [-0.25, -0.2) is 8.78 Å². The number of carbonyl (C=O) groups is 1. The van der Waals surface area contributed by atoms with E-state index in [1.165, 1.54) is 6.20 Å². The van der Waals surface area contributed by atoms with Gasteiger partial charge in [0.25, 0.3) is 6.43 Å². The van der Waals surface area contributed by atoms with Gasteiger partial charge >= 0.3 is 0 Å². The highest BCUT2D eigenvalue weighted by Crippen LogP contribution is 2.20. The van der Waals surface area contributed by atoms with Gasteiger partial charge in [0.05, 0.1) is 36.1 Å². The van der Waals surface area contributed by atoms with Crippen molar-refractivity contribution in [1.82, 2.24) is 25.1 Å². The third-order valence-electron chi connectivity index (χ3n) is 3.98. The summed E-state index contributed by atoms with van der Waals surface area (Å²) in [6.07, 6.45) is 2.52. The number of likely N-dealkylation sites (N-methyl/N-ethyl adjacent to an activating group) is 1. The maximum Gasteiger partial charge on any atom is 0.272 e. The van der Waals surface area contributed by atoms with E-state index < -0.39 is 13.0 Å². The monoisotopic (exact) mass is 375 g/mol. The Labute approximate surface area is 154 Å². The first-order chi connectivity index (χ1) is 13.0. The number of alkyl halides is 2. The van der Waals surface area contributed by atoms with Crippen LogP contribution >= 0.6 is 0 Å². The highest BCUT2D eigenvalue weighted by atomic mass is 19.3. The molecule has 0 saturated carbocycles. The predicted octanol–water partition coefficient (Wildman–Crippen LogP) is 2.12. The number of amides is 1. The molecule has 3 aromatic rings. The number of rotatable bonds is 7.